The molecule has 16 heteroatoms. The summed E-state index contributed by atoms with van der Waals surface area (Å²) in [5.74, 6) is -4.38. The van der Waals surface area contributed by atoms with E-state index < -0.39 is 29.9 Å². The van der Waals surface area contributed by atoms with Gasteiger partial charge in [-0.2, -0.15) is 0 Å². The molecule has 1 aliphatic rings. The largest absolute Gasteiger partial charge is 0.480 e. The number of hydrogen-bond donors (Lipinski definition) is 6. The Labute approximate surface area is 226 Å². The highest BCUT2D eigenvalue weighted by Gasteiger charge is 2.21. The summed E-state index contributed by atoms with van der Waals surface area (Å²) < 4.78 is 0. The molecular formula is C22H39ClN6O9. The van der Waals surface area contributed by atoms with Crippen LogP contribution in [0.3, 0.4) is 0 Å². The molecule has 15 nitrogen and oxygen atoms in total. The van der Waals surface area contributed by atoms with Crippen LogP contribution in [0.4, 0.5) is 0 Å². The number of amides is 1. The van der Waals surface area contributed by atoms with Gasteiger partial charge in [0.15, 0.2) is 0 Å². The van der Waals surface area contributed by atoms with Crippen LogP contribution in [0.2, 0.25) is 0 Å². The molecule has 6 N–H and O–H groups in total. The Balaban J connectivity index is 2.76. The molecule has 1 atom stereocenters. The minimum absolute atomic E-state index is 0.0218. The molecule has 0 spiro atoms. The van der Waals surface area contributed by atoms with Gasteiger partial charge in [-0.15, -0.1) is 0 Å². The number of hydrogen-bond acceptors (Lipinski definition) is 10. The first kappa shape index (κ1) is 33.5. The lowest BCUT2D eigenvalue weighted by molar-refractivity contribution is -0.140. The van der Waals surface area contributed by atoms with Crippen LogP contribution >= 0.6 is 11.8 Å². The van der Waals surface area contributed by atoms with Gasteiger partial charge in [-0.3, -0.25) is 43.6 Å². The summed E-state index contributed by atoms with van der Waals surface area (Å²) in [6.07, 6.45) is 1.40. The molecular weight excluding hydrogens is 528 g/mol. The second kappa shape index (κ2) is 18.7. The summed E-state index contributed by atoms with van der Waals surface area (Å²) in [6, 6.07) is -0.867. The molecule has 218 valence electrons. The summed E-state index contributed by atoms with van der Waals surface area (Å²) in [5.41, 5.74) is 0. The Morgan fingerprint density at radius 1 is 0.632 bits per heavy atom. The summed E-state index contributed by atoms with van der Waals surface area (Å²) in [4.78, 5) is 66.5. The molecule has 0 saturated carbocycles. The summed E-state index contributed by atoms with van der Waals surface area (Å²) in [6.45, 7) is 2.18. The fraction of sp³-hybridized carbons (Fsp3) is 0.773. The monoisotopic (exact) mass is 566 g/mol. The topological polar surface area (TPSA) is 203 Å². The van der Waals surface area contributed by atoms with Crippen molar-refractivity contribution < 1.29 is 44.4 Å². The van der Waals surface area contributed by atoms with E-state index >= 15 is 0 Å². The summed E-state index contributed by atoms with van der Waals surface area (Å²) in [5, 5.41) is 39.5. The molecule has 1 heterocycles. The van der Waals surface area contributed by atoms with Gasteiger partial charge in [0.05, 0.1) is 26.2 Å². The normalized spacial score (nSPS) is 18.1. The van der Waals surface area contributed by atoms with Crippen molar-refractivity contribution in [3.8, 4) is 0 Å². The van der Waals surface area contributed by atoms with Crippen molar-refractivity contribution in [1.29, 1.82) is 0 Å². The van der Waals surface area contributed by atoms with Crippen LogP contribution in [0.1, 0.15) is 19.3 Å². The minimum atomic E-state index is -1.05. The van der Waals surface area contributed by atoms with Crippen molar-refractivity contribution in [2.45, 2.75) is 25.3 Å². The number of aliphatic carboxylic acids is 4. The van der Waals surface area contributed by atoms with Crippen molar-refractivity contribution in [3.05, 3.63) is 0 Å². The number of carbonyl (C=O) groups is 5. The third kappa shape index (κ3) is 15.6. The highest BCUT2D eigenvalue weighted by molar-refractivity contribution is 6.14. The van der Waals surface area contributed by atoms with E-state index in [2.05, 4.69) is 10.2 Å². The first-order valence-electron chi connectivity index (χ1n) is 12.4. The summed E-state index contributed by atoms with van der Waals surface area (Å²) >= 11 is 5.40. The second-order valence-corrected chi connectivity index (χ2v) is 9.35. The molecule has 38 heavy (non-hydrogen) atoms. The van der Waals surface area contributed by atoms with E-state index in [1.54, 1.807) is 14.7 Å². The maximum Gasteiger partial charge on any atom is 0.321 e. The molecule has 0 aromatic carbocycles. The molecule has 0 bridgehead atoms. The van der Waals surface area contributed by atoms with Crippen LogP contribution in [0, 0.1) is 0 Å². The van der Waals surface area contributed by atoms with Gasteiger partial charge in [-0.05, 0) is 31.0 Å². The fourth-order valence-corrected chi connectivity index (χ4v) is 4.17. The molecule has 1 amide bonds. The molecule has 1 aliphatic heterocycles. The Kier molecular flexibility index (Phi) is 16.4. The lowest BCUT2D eigenvalue weighted by Crippen LogP contribution is -2.49. The average molecular weight is 567 g/mol. The molecule has 0 aromatic rings. The predicted molar refractivity (Wildman–Crippen MR) is 136 cm³/mol. The highest BCUT2D eigenvalue weighted by atomic mass is 35.5. The van der Waals surface area contributed by atoms with E-state index in [9.17, 15) is 39.3 Å². The number of carboxylic acids is 4. The zero-order chi connectivity index (χ0) is 28.5. The van der Waals surface area contributed by atoms with Gasteiger partial charge < -0.3 is 25.7 Å². The zero-order valence-corrected chi connectivity index (χ0v) is 22.1. The predicted octanol–water partition coefficient (Wildman–Crippen LogP) is -2.06. The Morgan fingerprint density at radius 3 is 1.32 bits per heavy atom. The number of halogens is 1. The van der Waals surface area contributed by atoms with Crippen LogP contribution in [0.15, 0.2) is 0 Å². The van der Waals surface area contributed by atoms with E-state index in [4.69, 9.17) is 16.9 Å². The maximum atomic E-state index is 12.6. The Bertz CT molecular complexity index is 758. The first-order valence-corrected chi connectivity index (χ1v) is 12.8. The minimum Gasteiger partial charge on any atom is -0.480 e. The van der Waals surface area contributed by atoms with Gasteiger partial charge in [0.25, 0.3) is 0 Å². The van der Waals surface area contributed by atoms with E-state index in [-0.39, 0.29) is 32.1 Å². The number of nitrogens with zero attached hydrogens (tertiary/aromatic N) is 4. The fourth-order valence-electron chi connectivity index (χ4n) is 3.97. The zero-order valence-electron chi connectivity index (χ0n) is 21.4. The third-order valence-electron chi connectivity index (χ3n) is 6.05. The van der Waals surface area contributed by atoms with E-state index in [0.29, 0.717) is 78.2 Å². The molecule has 0 aromatic heterocycles. The Hall–Kier alpha value is -2.56. The van der Waals surface area contributed by atoms with Crippen LogP contribution in [0.25, 0.3) is 0 Å². The van der Waals surface area contributed by atoms with Crippen LogP contribution < -0.4 is 10.2 Å². The van der Waals surface area contributed by atoms with Crippen molar-refractivity contribution in [3.63, 3.8) is 0 Å². The van der Waals surface area contributed by atoms with Gasteiger partial charge in [-0.1, -0.05) is 0 Å². The number of carbonyl (C=O) groups excluding carboxylic acids is 1. The van der Waals surface area contributed by atoms with Crippen molar-refractivity contribution in [2.75, 3.05) is 85.1 Å². The number of carboxylic acid groups (broad SMARTS) is 4. The van der Waals surface area contributed by atoms with E-state index in [1.165, 1.54) is 0 Å². The van der Waals surface area contributed by atoms with Crippen molar-refractivity contribution >= 4 is 41.6 Å². The number of unbranched alkanes of at least 4 members (excludes halogenated alkanes) is 1. The number of nitrogens with one attached hydrogen (secondary N) is 2. The lowest BCUT2D eigenvalue weighted by atomic mass is 10.1. The van der Waals surface area contributed by atoms with E-state index in [1.807, 2.05) is 4.90 Å². The van der Waals surface area contributed by atoms with Gasteiger partial charge >= 0.3 is 23.9 Å². The standard InChI is InChI=1S/C22H39ClN6O9/c23-25-17(22(37)38)3-1-2-4-24-18(30)13-26-5-7-27(14-19(31)32)9-11-29(16-21(35)36)12-10-28(8-6-26)15-20(33)34/h17,25H,1-16H2,(H,24,30)(H,31,32)(H,33,34)(H,35,36)(H,37,38)/t17-/m0/s1. The molecule has 0 unspecified atom stereocenters. The third-order valence-corrected chi connectivity index (χ3v) is 6.31. The van der Waals surface area contributed by atoms with Crippen LogP contribution in [-0.2, 0) is 24.0 Å². The molecule has 0 aliphatic carbocycles. The van der Waals surface area contributed by atoms with Crippen molar-refractivity contribution in [2.24, 2.45) is 0 Å². The molecule has 1 fully saturated rings. The van der Waals surface area contributed by atoms with Gasteiger partial charge in [0, 0.05) is 58.9 Å². The molecule has 1 saturated heterocycles. The van der Waals surface area contributed by atoms with Crippen LogP contribution in [-0.4, -0.2) is 161 Å². The summed E-state index contributed by atoms with van der Waals surface area (Å²) in [7, 11) is 0. The average Bonchev–Trinajstić information content (AvgIpc) is 2.81. The van der Waals surface area contributed by atoms with Crippen LogP contribution in [0.5, 0.6) is 0 Å². The lowest BCUT2D eigenvalue weighted by Gasteiger charge is -2.32. The SMILES string of the molecule is O=C(O)CN1CCN(CC(=O)O)CCN(CC(=O)NCCCC[C@H](NCl)C(=O)O)CCN(CC(=O)O)CC1. The highest BCUT2D eigenvalue weighted by Crippen LogP contribution is 2.03. The maximum absolute atomic E-state index is 12.6. The van der Waals surface area contributed by atoms with E-state index in [0.717, 1.165) is 0 Å². The molecule has 1 rings (SSSR count). The van der Waals surface area contributed by atoms with Gasteiger partial charge in [0.2, 0.25) is 5.91 Å². The quantitative estimate of drug-likeness (QED) is 0.0932. The van der Waals surface area contributed by atoms with Gasteiger partial charge in [0.1, 0.15) is 6.04 Å². The Morgan fingerprint density at radius 2 is 1.00 bits per heavy atom. The smallest absolute Gasteiger partial charge is 0.321 e. The molecule has 0 radical (unpaired) electrons. The second-order valence-electron chi connectivity index (χ2n) is 9.13. The number of rotatable bonds is 15. The van der Waals surface area contributed by atoms with Crippen molar-refractivity contribution in [1.82, 2.24) is 29.8 Å². The van der Waals surface area contributed by atoms with Gasteiger partial charge in [-0.25, -0.2) is 4.84 Å². The first-order chi connectivity index (χ1) is 18.0.